The number of carbonyl (C=O) groups excluding carboxylic acids is 1. The zero-order valence-electron chi connectivity index (χ0n) is 26.2. The molecule has 1 aliphatic heterocycles. The lowest BCUT2D eigenvalue weighted by atomic mass is 10.1. The first kappa shape index (κ1) is 31.7. The molecule has 1 fully saturated rings. The number of methoxy groups -OCH3 is 2. The summed E-state index contributed by atoms with van der Waals surface area (Å²) in [6.07, 6.45) is 4.01. The molecule has 6 rings (SSSR count). The van der Waals surface area contributed by atoms with Crippen LogP contribution in [0.15, 0.2) is 85.2 Å². The normalized spacial score (nSPS) is 13.3. The number of hydrogen-bond acceptors (Lipinski definition) is 9. The quantitative estimate of drug-likeness (QED) is 0.151. The van der Waals surface area contributed by atoms with Crippen LogP contribution < -0.4 is 24.3 Å². The first-order valence-electron chi connectivity index (χ1n) is 15.3. The van der Waals surface area contributed by atoms with Gasteiger partial charge in [0.05, 0.1) is 39.6 Å². The molecule has 10 nitrogen and oxygen atoms in total. The lowest BCUT2D eigenvalue weighted by Crippen LogP contribution is -2.37. The van der Waals surface area contributed by atoms with E-state index in [1.807, 2.05) is 30.3 Å². The van der Waals surface area contributed by atoms with Crippen LogP contribution in [0, 0.1) is 5.82 Å². The maximum atomic E-state index is 15.3. The Labute approximate surface area is 272 Å². The van der Waals surface area contributed by atoms with Crippen LogP contribution in [0.4, 0.5) is 10.1 Å². The number of halogens is 1. The summed E-state index contributed by atoms with van der Waals surface area (Å²) in [6, 6.07) is 20.4. The number of aromatic nitrogens is 2. The van der Waals surface area contributed by atoms with Crippen molar-refractivity contribution in [3.05, 3.63) is 96.7 Å². The molecule has 3 aromatic carbocycles. The Morgan fingerprint density at radius 3 is 2.43 bits per heavy atom. The molecular weight excluding hydrogens is 603 g/mol. The second kappa shape index (κ2) is 14.9. The van der Waals surface area contributed by atoms with Crippen molar-refractivity contribution in [3.63, 3.8) is 0 Å². The number of benzene rings is 3. The highest BCUT2D eigenvalue weighted by molar-refractivity contribution is 6.03. The van der Waals surface area contributed by atoms with Crippen LogP contribution >= 0.6 is 0 Å². The molecule has 11 heteroatoms. The van der Waals surface area contributed by atoms with Gasteiger partial charge in [0.25, 0.3) is 5.91 Å². The molecule has 1 aliphatic rings. The molecule has 242 valence electrons. The molecule has 0 bridgehead atoms. The lowest BCUT2D eigenvalue weighted by Gasteiger charge is -2.26. The molecule has 1 N–H and O–H groups in total. The summed E-state index contributed by atoms with van der Waals surface area (Å²) in [5.74, 6) is 1.07. The summed E-state index contributed by atoms with van der Waals surface area (Å²) in [5, 5.41) is 3.34. The van der Waals surface area contributed by atoms with Crippen molar-refractivity contribution >= 4 is 22.5 Å². The van der Waals surface area contributed by atoms with Gasteiger partial charge in [0, 0.05) is 55.2 Å². The second-order valence-electron chi connectivity index (χ2n) is 10.8. The van der Waals surface area contributed by atoms with E-state index in [2.05, 4.69) is 20.2 Å². The van der Waals surface area contributed by atoms with Gasteiger partial charge in [0.2, 0.25) is 0 Å². The molecule has 0 unspecified atom stereocenters. The SMILES string of the molecule is COc1ccc(-c2ccnc(C(=O)Nc3ccc(Oc4ccnc5cc(OCCCN6CCOCC6)c(OC)cc45)c(F)c3)c2)cc1. The molecule has 47 heavy (non-hydrogen) atoms. The van der Waals surface area contributed by atoms with Crippen molar-refractivity contribution < 1.29 is 32.9 Å². The minimum Gasteiger partial charge on any atom is -0.497 e. The minimum absolute atomic E-state index is 0.0162. The van der Waals surface area contributed by atoms with Gasteiger partial charge in [-0.15, -0.1) is 0 Å². The van der Waals surface area contributed by atoms with Crippen molar-refractivity contribution in [1.82, 2.24) is 14.9 Å². The van der Waals surface area contributed by atoms with E-state index >= 15 is 4.39 Å². The maximum Gasteiger partial charge on any atom is 0.274 e. The third-order valence-corrected chi connectivity index (χ3v) is 7.79. The number of hydrogen-bond donors (Lipinski definition) is 1. The van der Waals surface area contributed by atoms with Gasteiger partial charge in [-0.25, -0.2) is 4.39 Å². The van der Waals surface area contributed by atoms with Crippen LogP contribution in [-0.4, -0.2) is 74.4 Å². The predicted octanol–water partition coefficient (Wildman–Crippen LogP) is 6.60. The third kappa shape index (κ3) is 7.76. The van der Waals surface area contributed by atoms with Gasteiger partial charge in [-0.3, -0.25) is 19.7 Å². The molecule has 0 saturated carbocycles. The van der Waals surface area contributed by atoms with Crippen molar-refractivity contribution in [2.45, 2.75) is 6.42 Å². The Balaban J connectivity index is 1.12. The standard InChI is InChI=1S/C36H35FN4O6/c1-43-27-7-4-24(5-8-27)25-10-12-39-31(20-25)36(42)40-26-6-9-33(29(37)21-26)47-32-11-13-38-30-23-35(34(44-2)22-28(30)32)46-17-3-14-41-15-18-45-19-16-41/h4-13,20-23H,3,14-19H2,1-2H3,(H,40,42). The van der Waals surface area contributed by atoms with Crippen molar-refractivity contribution in [2.24, 2.45) is 0 Å². The molecule has 0 aliphatic carbocycles. The molecule has 0 atom stereocenters. The monoisotopic (exact) mass is 638 g/mol. The molecule has 2 aromatic heterocycles. The summed E-state index contributed by atoms with van der Waals surface area (Å²) >= 11 is 0. The summed E-state index contributed by atoms with van der Waals surface area (Å²) < 4.78 is 43.5. The van der Waals surface area contributed by atoms with Gasteiger partial charge in [-0.05, 0) is 66.1 Å². The molecule has 0 radical (unpaired) electrons. The summed E-state index contributed by atoms with van der Waals surface area (Å²) in [4.78, 5) is 24.0. The fourth-order valence-corrected chi connectivity index (χ4v) is 5.28. The van der Waals surface area contributed by atoms with Crippen molar-refractivity contribution in [1.29, 1.82) is 0 Å². The van der Waals surface area contributed by atoms with Gasteiger partial charge in [0.15, 0.2) is 23.1 Å². The van der Waals surface area contributed by atoms with Crippen LogP contribution in [0.1, 0.15) is 16.9 Å². The third-order valence-electron chi connectivity index (χ3n) is 7.79. The van der Waals surface area contributed by atoms with E-state index in [1.165, 1.54) is 12.1 Å². The molecular formula is C36H35FN4O6. The predicted molar refractivity (Wildman–Crippen MR) is 176 cm³/mol. The Morgan fingerprint density at radius 1 is 0.851 bits per heavy atom. The maximum absolute atomic E-state index is 15.3. The Bertz CT molecular complexity index is 1850. The van der Waals surface area contributed by atoms with Crippen LogP contribution in [0.5, 0.6) is 28.7 Å². The molecule has 5 aromatic rings. The smallest absolute Gasteiger partial charge is 0.274 e. The zero-order chi connectivity index (χ0) is 32.6. The molecule has 0 spiro atoms. The van der Waals surface area contributed by atoms with Crippen LogP contribution in [0.2, 0.25) is 0 Å². The zero-order valence-corrected chi connectivity index (χ0v) is 26.2. The number of rotatable bonds is 12. The fraction of sp³-hybridized carbons (Fsp3) is 0.250. The van der Waals surface area contributed by atoms with Gasteiger partial charge >= 0.3 is 0 Å². The van der Waals surface area contributed by atoms with Crippen LogP contribution in [-0.2, 0) is 4.74 Å². The van der Waals surface area contributed by atoms with E-state index < -0.39 is 11.7 Å². The van der Waals surface area contributed by atoms with E-state index in [-0.39, 0.29) is 17.1 Å². The lowest BCUT2D eigenvalue weighted by molar-refractivity contribution is 0.0357. The Hall–Kier alpha value is -5.26. The van der Waals surface area contributed by atoms with Gasteiger partial charge < -0.3 is 29.0 Å². The summed E-state index contributed by atoms with van der Waals surface area (Å²) in [6.45, 7) is 4.84. The number of anilines is 1. The van der Waals surface area contributed by atoms with Gasteiger partial charge in [0.1, 0.15) is 17.2 Å². The van der Waals surface area contributed by atoms with E-state index in [1.54, 1.807) is 56.9 Å². The van der Waals surface area contributed by atoms with E-state index in [4.69, 9.17) is 23.7 Å². The summed E-state index contributed by atoms with van der Waals surface area (Å²) in [7, 11) is 3.17. The molecule has 3 heterocycles. The second-order valence-corrected chi connectivity index (χ2v) is 10.8. The van der Waals surface area contributed by atoms with Gasteiger partial charge in [-0.2, -0.15) is 0 Å². The van der Waals surface area contributed by atoms with Crippen LogP contribution in [0.3, 0.4) is 0 Å². The van der Waals surface area contributed by atoms with Crippen LogP contribution in [0.25, 0.3) is 22.0 Å². The van der Waals surface area contributed by atoms with E-state index in [0.717, 1.165) is 56.1 Å². The number of nitrogens with one attached hydrogen (secondary N) is 1. The van der Waals surface area contributed by atoms with Crippen molar-refractivity contribution in [3.8, 4) is 39.9 Å². The average Bonchev–Trinajstić information content (AvgIpc) is 3.11. The summed E-state index contributed by atoms with van der Waals surface area (Å²) in [5.41, 5.74) is 2.77. The minimum atomic E-state index is -0.653. The molecule has 1 saturated heterocycles. The number of fused-ring (bicyclic) bond motifs is 1. The number of amides is 1. The fourth-order valence-electron chi connectivity index (χ4n) is 5.28. The Morgan fingerprint density at radius 2 is 1.66 bits per heavy atom. The van der Waals surface area contributed by atoms with E-state index in [9.17, 15) is 4.79 Å². The number of ether oxygens (including phenoxy) is 5. The van der Waals surface area contributed by atoms with E-state index in [0.29, 0.717) is 34.8 Å². The van der Waals surface area contributed by atoms with Crippen molar-refractivity contribution in [2.75, 3.05) is 59.0 Å². The first-order valence-corrected chi connectivity index (χ1v) is 15.3. The highest BCUT2D eigenvalue weighted by Gasteiger charge is 2.16. The number of carbonyl (C=O) groups is 1. The largest absolute Gasteiger partial charge is 0.497 e. The Kier molecular flexibility index (Phi) is 10.0. The van der Waals surface area contributed by atoms with Gasteiger partial charge in [-0.1, -0.05) is 12.1 Å². The topological polar surface area (TPSA) is 104 Å². The average molecular weight is 639 g/mol. The number of morpholine rings is 1. The number of pyridine rings is 2. The highest BCUT2D eigenvalue weighted by Crippen LogP contribution is 2.38. The highest BCUT2D eigenvalue weighted by atomic mass is 19.1. The number of nitrogens with zero attached hydrogens (tertiary/aromatic N) is 3. The molecule has 1 amide bonds. The first-order chi connectivity index (χ1) is 23.0.